The van der Waals surface area contributed by atoms with Crippen LogP contribution in [-0.2, 0) is 4.79 Å². The van der Waals surface area contributed by atoms with Gasteiger partial charge in [-0.25, -0.2) is 0 Å². The number of aromatic nitrogens is 2. The average molecular weight is 286 g/mol. The highest BCUT2D eigenvalue weighted by atomic mass is 35.5. The number of carbonyl (C=O) groups excluding carboxylic acids is 1. The van der Waals surface area contributed by atoms with Crippen LogP contribution in [0.1, 0.15) is 13.3 Å². The van der Waals surface area contributed by atoms with E-state index in [0.29, 0.717) is 5.13 Å². The number of anilines is 1. The van der Waals surface area contributed by atoms with E-state index in [1.165, 1.54) is 11.3 Å². The van der Waals surface area contributed by atoms with Crippen molar-refractivity contribution < 1.29 is 4.79 Å². The summed E-state index contributed by atoms with van der Waals surface area (Å²) in [6.07, 6.45) is 1.07. The summed E-state index contributed by atoms with van der Waals surface area (Å²) in [4.78, 5) is 10.0. The minimum Gasteiger partial charge on any atom is -0.298 e. The average Bonchev–Trinajstić information content (AvgIpc) is 2.62. The Bertz CT molecular complexity index is 332. The second-order valence-corrected chi connectivity index (χ2v) is 5.93. The Morgan fingerprint density at radius 1 is 1.60 bits per heavy atom. The summed E-state index contributed by atoms with van der Waals surface area (Å²) in [5.74, 6) is 0.498. The van der Waals surface area contributed by atoms with Gasteiger partial charge >= 0.3 is 0 Å². The molecule has 15 heavy (non-hydrogen) atoms. The standard InChI is InChI=1S/C7H9Cl2N3OS2/c1-2-3-14-7-12-11-6(15-7)10-5(13)4(8)9/h4H,2-3H2,1H3,(H,10,11,13). The number of thioether (sulfide) groups is 1. The summed E-state index contributed by atoms with van der Waals surface area (Å²) >= 11 is 13.7. The molecule has 0 saturated heterocycles. The maximum absolute atomic E-state index is 11.1. The van der Waals surface area contributed by atoms with Crippen LogP contribution in [0.5, 0.6) is 0 Å². The van der Waals surface area contributed by atoms with E-state index >= 15 is 0 Å². The van der Waals surface area contributed by atoms with E-state index in [2.05, 4.69) is 22.4 Å². The van der Waals surface area contributed by atoms with E-state index in [9.17, 15) is 4.79 Å². The van der Waals surface area contributed by atoms with Crippen LogP contribution in [0.4, 0.5) is 5.13 Å². The van der Waals surface area contributed by atoms with Crippen molar-refractivity contribution in [1.82, 2.24) is 10.2 Å². The molecule has 1 N–H and O–H groups in total. The van der Waals surface area contributed by atoms with Crippen molar-refractivity contribution in [2.24, 2.45) is 0 Å². The van der Waals surface area contributed by atoms with Gasteiger partial charge in [-0.1, -0.05) is 53.2 Å². The maximum atomic E-state index is 11.1. The van der Waals surface area contributed by atoms with Crippen LogP contribution in [0, 0.1) is 0 Å². The van der Waals surface area contributed by atoms with E-state index < -0.39 is 10.7 Å². The van der Waals surface area contributed by atoms with Crippen molar-refractivity contribution in [2.75, 3.05) is 11.1 Å². The highest BCUT2D eigenvalue weighted by Crippen LogP contribution is 2.26. The van der Waals surface area contributed by atoms with Crippen molar-refractivity contribution in [3.63, 3.8) is 0 Å². The fourth-order valence-electron chi connectivity index (χ4n) is 0.668. The molecule has 1 aromatic heterocycles. The SMILES string of the molecule is CCCSc1nnc(NC(=O)C(Cl)Cl)s1. The zero-order valence-corrected chi connectivity index (χ0v) is 11.0. The third kappa shape index (κ3) is 4.55. The summed E-state index contributed by atoms with van der Waals surface area (Å²) in [6, 6.07) is 0. The zero-order chi connectivity index (χ0) is 11.3. The number of carbonyl (C=O) groups is 1. The number of hydrogen-bond acceptors (Lipinski definition) is 5. The summed E-state index contributed by atoms with van der Waals surface area (Å²) < 4.78 is 0.827. The minimum atomic E-state index is -1.08. The van der Waals surface area contributed by atoms with Crippen LogP contribution in [0.15, 0.2) is 4.34 Å². The Hall–Kier alpha value is -0.0400. The number of alkyl halides is 2. The third-order valence-electron chi connectivity index (χ3n) is 1.26. The van der Waals surface area contributed by atoms with Crippen molar-refractivity contribution in [3.8, 4) is 0 Å². The lowest BCUT2D eigenvalue weighted by molar-refractivity contribution is -0.114. The summed E-state index contributed by atoms with van der Waals surface area (Å²) in [7, 11) is 0. The first-order chi connectivity index (χ1) is 7.13. The van der Waals surface area contributed by atoms with Crippen LogP contribution < -0.4 is 5.32 Å². The van der Waals surface area contributed by atoms with Gasteiger partial charge in [0.05, 0.1) is 0 Å². The smallest absolute Gasteiger partial charge is 0.259 e. The molecule has 0 saturated carbocycles. The van der Waals surface area contributed by atoms with Gasteiger partial charge in [0.1, 0.15) is 0 Å². The molecule has 0 bridgehead atoms. The Kier molecular flexibility index (Phi) is 5.66. The summed E-state index contributed by atoms with van der Waals surface area (Å²) in [5.41, 5.74) is 0. The quantitative estimate of drug-likeness (QED) is 0.514. The van der Waals surface area contributed by atoms with Gasteiger partial charge in [0.25, 0.3) is 5.91 Å². The second kappa shape index (κ2) is 6.52. The molecule has 0 fully saturated rings. The molecule has 84 valence electrons. The Balaban J connectivity index is 2.49. The summed E-state index contributed by atoms with van der Waals surface area (Å²) in [5, 5.41) is 10.6. The van der Waals surface area contributed by atoms with E-state index in [1.807, 2.05) is 0 Å². The van der Waals surface area contributed by atoms with E-state index in [1.54, 1.807) is 11.8 Å². The molecule has 0 unspecified atom stereocenters. The van der Waals surface area contributed by atoms with Gasteiger partial charge in [-0.15, -0.1) is 10.2 Å². The largest absolute Gasteiger partial charge is 0.298 e. The van der Waals surface area contributed by atoms with Crippen molar-refractivity contribution in [2.45, 2.75) is 22.5 Å². The Morgan fingerprint density at radius 2 is 2.33 bits per heavy atom. The minimum absolute atomic E-state index is 0.421. The van der Waals surface area contributed by atoms with Crippen LogP contribution in [0.2, 0.25) is 0 Å². The first-order valence-corrected chi connectivity index (χ1v) is 6.86. The molecule has 0 aliphatic rings. The number of nitrogens with zero attached hydrogens (tertiary/aromatic N) is 2. The molecule has 0 aliphatic carbocycles. The molecular weight excluding hydrogens is 277 g/mol. The van der Waals surface area contributed by atoms with Crippen molar-refractivity contribution in [1.29, 1.82) is 0 Å². The van der Waals surface area contributed by atoms with E-state index in [0.717, 1.165) is 16.5 Å². The molecule has 0 atom stereocenters. The third-order valence-corrected chi connectivity index (χ3v) is 3.84. The predicted molar refractivity (Wildman–Crippen MR) is 65.0 cm³/mol. The molecule has 4 nitrogen and oxygen atoms in total. The van der Waals surface area contributed by atoms with Gasteiger partial charge in [-0.05, 0) is 6.42 Å². The van der Waals surface area contributed by atoms with Crippen molar-refractivity contribution >= 4 is 57.3 Å². The Labute approximate surface area is 106 Å². The van der Waals surface area contributed by atoms with Crippen molar-refractivity contribution in [3.05, 3.63) is 0 Å². The monoisotopic (exact) mass is 285 g/mol. The molecule has 0 radical (unpaired) electrons. The van der Waals surface area contributed by atoms with Crippen LogP contribution in [-0.4, -0.2) is 26.7 Å². The van der Waals surface area contributed by atoms with Gasteiger partial charge < -0.3 is 0 Å². The van der Waals surface area contributed by atoms with Crippen LogP contribution in [0.25, 0.3) is 0 Å². The first-order valence-electron chi connectivity index (χ1n) is 4.18. The van der Waals surface area contributed by atoms with Gasteiger partial charge in [0.15, 0.2) is 9.18 Å². The molecule has 0 aromatic carbocycles. The molecular formula is C7H9Cl2N3OS2. The zero-order valence-electron chi connectivity index (χ0n) is 7.87. The molecule has 1 heterocycles. The van der Waals surface area contributed by atoms with Gasteiger partial charge in [0.2, 0.25) is 5.13 Å². The number of nitrogens with one attached hydrogen (secondary N) is 1. The van der Waals surface area contributed by atoms with Crippen LogP contribution >= 0.6 is 46.3 Å². The topological polar surface area (TPSA) is 54.9 Å². The lowest BCUT2D eigenvalue weighted by Crippen LogP contribution is -2.18. The molecule has 0 aliphatic heterocycles. The number of hydrogen-bond donors (Lipinski definition) is 1. The van der Waals surface area contributed by atoms with E-state index in [-0.39, 0.29) is 0 Å². The Morgan fingerprint density at radius 3 is 2.93 bits per heavy atom. The highest BCUT2D eigenvalue weighted by molar-refractivity contribution is 8.01. The number of rotatable bonds is 5. The molecule has 1 aromatic rings. The molecule has 8 heteroatoms. The van der Waals surface area contributed by atoms with Gasteiger partial charge in [-0.3, -0.25) is 10.1 Å². The first kappa shape index (κ1) is 13.0. The fraction of sp³-hybridized carbons (Fsp3) is 0.571. The predicted octanol–water partition coefficient (Wildman–Crippen LogP) is 2.78. The second-order valence-electron chi connectivity index (χ2n) is 2.51. The van der Waals surface area contributed by atoms with Gasteiger partial charge in [0, 0.05) is 5.75 Å². The molecule has 1 amide bonds. The molecule has 1 rings (SSSR count). The highest BCUT2D eigenvalue weighted by Gasteiger charge is 2.14. The number of halogens is 2. The number of amides is 1. The molecule has 0 spiro atoms. The normalized spacial score (nSPS) is 10.7. The fourth-order valence-corrected chi connectivity index (χ4v) is 2.46. The van der Waals surface area contributed by atoms with Gasteiger partial charge in [-0.2, -0.15) is 0 Å². The lowest BCUT2D eigenvalue weighted by atomic mass is 10.6. The summed E-state index contributed by atoms with van der Waals surface area (Å²) in [6.45, 7) is 2.09. The maximum Gasteiger partial charge on any atom is 0.259 e. The lowest BCUT2D eigenvalue weighted by Gasteiger charge is -1.98. The van der Waals surface area contributed by atoms with E-state index in [4.69, 9.17) is 23.2 Å². The van der Waals surface area contributed by atoms with Crippen LogP contribution in [0.3, 0.4) is 0 Å².